The van der Waals surface area contributed by atoms with E-state index in [0.717, 1.165) is 0 Å². The number of hydrogen-bond donors (Lipinski definition) is 1. The average Bonchev–Trinajstić information content (AvgIpc) is 3.12. The molecule has 2 aromatic rings. The van der Waals surface area contributed by atoms with Crippen LogP contribution in [0, 0.1) is 0 Å². The summed E-state index contributed by atoms with van der Waals surface area (Å²) < 4.78 is 55.5. The van der Waals surface area contributed by atoms with Crippen LogP contribution in [0.1, 0.15) is 23.1 Å². The van der Waals surface area contributed by atoms with Crippen molar-refractivity contribution in [3.8, 4) is 0 Å². The fraction of sp³-hybridized carbons (Fsp3) is 0.300. The molecule has 2 aromatic carbocycles. The van der Waals surface area contributed by atoms with Crippen molar-refractivity contribution in [2.75, 3.05) is 12.0 Å². The Hall–Kier alpha value is -1.26. The second-order valence-electron chi connectivity index (χ2n) is 7.09. The Balaban J connectivity index is 1.83. The maximum atomic E-state index is 14.2. The molecule has 0 aromatic heterocycles. The van der Waals surface area contributed by atoms with E-state index in [1.54, 1.807) is 12.1 Å². The van der Waals surface area contributed by atoms with Gasteiger partial charge in [0.1, 0.15) is 5.75 Å². The first-order valence-electron chi connectivity index (χ1n) is 9.05. The number of nitrogens with zero attached hydrogens (tertiary/aromatic N) is 1. The van der Waals surface area contributed by atoms with E-state index in [2.05, 4.69) is 9.71 Å². The highest BCUT2D eigenvalue weighted by Gasteiger charge is 2.60. The number of halogens is 6. The van der Waals surface area contributed by atoms with Crippen LogP contribution in [0.25, 0.3) is 0 Å². The zero-order valence-corrected chi connectivity index (χ0v) is 20.3. The summed E-state index contributed by atoms with van der Waals surface area (Å²) in [6, 6.07) is 8.58. The lowest BCUT2D eigenvalue weighted by molar-refractivity contribution is -0.159. The van der Waals surface area contributed by atoms with Gasteiger partial charge in [-0.3, -0.25) is 9.00 Å². The number of nitrogens with one attached hydrogen (secondary N) is 1. The lowest BCUT2D eigenvalue weighted by Crippen LogP contribution is -2.38. The van der Waals surface area contributed by atoms with E-state index < -0.39 is 34.1 Å². The van der Waals surface area contributed by atoms with Crippen molar-refractivity contribution >= 4 is 69.2 Å². The maximum Gasteiger partial charge on any atom is 0.409 e. The van der Waals surface area contributed by atoms with Crippen LogP contribution in [-0.4, -0.2) is 34.0 Å². The molecule has 12 heteroatoms. The van der Waals surface area contributed by atoms with Gasteiger partial charge in [-0.15, -0.1) is 0 Å². The quantitative estimate of drug-likeness (QED) is 0.459. The van der Waals surface area contributed by atoms with E-state index in [0.29, 0.717) is 23.1 Å². The minimum absolute atomic E-state index is 0.0787. The summed E-state index contributed by atoms with van der Waals surface area (Å²) in [5.41, 5.74) is 1.15. The van der Waals surface area contributed by atoms with Crippen LogP contribution in [0.3, 0.4) is 0 Å². The van der Waals surface area contributed by atoms with Crippen molar-refractivity contribution < 1.29 is 22.2 Å². The van der Waals surface area contributed by atoms with Crippen molar-refractivity contribution in [3.05, 3.63) is 68.2 Å². The highest BCUT2D eigenvalue weighted by Crippen LogP contribution is 2.57. The van der Waals surface area contributed by atoms with Crippen LogP contribution in [0.2, 0.25) is 15.1 Å². The van der Waals surface area contributed by atoms with Gasteiger partial charge in [0.15, 0.2) is 4.75 Å². The number of alkyl halides is 3. The first kappa shape index (κ1) is 25.4. The van der Waals surface area contributed by atoms with Gasteiger partial charge in [0.25, 0.3) is 0 Å². The normalized spacial score (nSPS) is 19.5. The smallest absolute Gasteiger partial charge is 0.351 e. The van der Waals surface area contributed by atoms with Gasteiger partial charge < -0.3 is 5.32 Å². The predicted molar refractivity (Wildman–Crippen MR) is 125 cm³/mol. The van der Waals surface area contributed by atoms with Crippen molar-refractivity contribution in [2.24, 2.45) is 4.40 Å². The summed E-state index contributed by atoms with van der Waals surface area (Å²) in [6.45, 7) is 0.101. The molecule has 2 atom stereocenters. The maximum absolute atomic E-state index is 14.2. The third kappa shape index (κ3) is 5.62. The van der Waals surface area contributed by atoms with Crippen LogP contribution < -0.4 is 5.32 Å². The summed E-state index contributed by atoms with van der Waals surface area (Å²) in [7, 11) is -1.27. The van der Waals surface area contributed by atoms with Crippen molar-refractivity contribution in [3.63, 3.8) is 0 Å². The molecule has 0 saturated heterocycles. The van der Waals surface area contributed by atoms with Crippen molar-refractivity contribution in [1.82, 2.24) is 5.32 Å². The molecule has 0 saturated carbocycles. The standard InChI is InChI=1S/C20H16Cl3F3N2O2S2/c1-32(30)10-18(29)27-9-12-3-2-11(4-16(12)23)17-8-19(31-28-17,20(24,25)26)13-5-14(21)7-15(22)6-13/h2-7H,8-10H2,1H3,(H,27,29). The number of hydrogen-bond acceptors (Lipinski definition) is 4. The topological polar surface area (TPSA) is 58.5 Å². The molecule has 0 radical (unpaired) electrons. The molecular formula is C20H16Cl3F3N2O2S2. The van der Waals surface area contributed by atoms with Gasteiger partial charge in [0.05, 0.1) is 5.71 Å². The van der Waals surface area contributed by atoms with Gasteiger partial charge in [0, 0.05) is 45.1 Å². The molecular weight excluding hydrogens is 528 g/mol. The molecule has 0 fully saturated rings. The van der Waals surface area contributed by atoms with E-state index in [1.165, 1.54) is 30.5 Å². The van der Waals surface area contributed by atoms with Gasteiger partial charge in [0.2, 0.25) is 5.91 Å². The first-order chi connectivity index (χ1) is 14.9. The number of carbonyl (C=O) groups excluding carboxylic acids is 1. The SMILES string of the molecule is CS(=O)CC(=O)NCc1ccc(C2=NSC(c3cc(Cl)cc(Cl)c3)(C(F)(F)F)C2)cc1Cl. The molecule has 4 nitrogen and oxygen atoms in total. The molecule has 0 bridgehead atoms. The molecule has 1 N–H and O–H groups in total. The van der Waals surface area contributed by atoms with E-state index in [9.17, 15) is 22.2 Å². The summed E-state index contributed by atoms with van der Waals surface area (Å²) in [5.74, 6) is -0.519. The zero-order valence-electron chi connectivity index (χ0n) is 16.4. The third-order valence-electron chi connectivity index (χ3n) is 4.71. The Morgan fingerprint density at radius 1 is 1.19 bits per heavy atom. The number of benzene rings is 2. The van der Waals surface area contributed by atoms with E-state index >= 15 is 0 Å². The van der Waals surface area contributed by atoms with Crippen LogP contribution >= 0.6 is 46.8 Å². The Morgan fingerprint density at radius 3 is 2.41 bits per heavy atom. The minimum atomic E-state index is -4.62. The lowest BCUT2D eigenvalue weighted by atomic mass is 9.89. The molecule has 1 aliphatic rings. The summed E-state index contributed by atoms with van der Waals surface area (Å²) in [5, 5.41) is 3.07. The highest BCUT2D eigenvalue weighted by molar-refractivity contribution is 7.99. The molecule has 2 unspecified atom stereocenters. The second-order valence-corrected chi connectivity index (χ2v) is 10.9. The Morgan fingerprint density at radius 2 is 1.84 bits per heavy atom. The molecule has 172 valence electrons. The fourth-order valence-electron chi connectivity index (χ4n) is 3.15. The monoisotopic (exact) mass is 542 g/mol. The molecule has 32 heavy (non-hydrogen) atoms. The Labute approximate surface area is 204 Å². The largest absolute Gasteiger partial charge is 0.409 e. The van der Waals surface area contributed by atoms with Gasteiger partial charge in [-0.05, 0) is 52.9 Å². The van der Waals surface area contributed by atoms with Gasteiger partial charge >= 0.3 is 6.18 Å². The fourth-order valence-corrected chi connectivity index (χ4v) is 5.35. The summed E-state index contributed by atoms with van der Waals surface area (Å²) in [6.07, 6.45) is -3.63. The number of amides is 1. The number of carbonyl (C=O) groups is 1. The van der Waals surface area contributed by atoms with Gasteiger partial charge in [-0.25, -0.2) is 4.40 Å². The summed E-state index contributed by atoms with van der Waals surface area (Å²) in [4.78, 5) is 11.7. The molecule has 1 heterocycles. The van der Waals surface area contributed by atoms with Crippen LogP contribution in [0.4, 0.5) is 13.2 Å². The summed E-state index contributed by atoms with van der Waals surface area (Å²) >= 11 is 18.6. The molecule has 3 rings (SSSR count). The zero-order chi connectivity index (χ0) is 23.7. The Bertz CT molecular complexity index is 1090. The predicted octanol–water partition coefficient (Wildman–Crippen LogP) is 5.94. The van der Waals surface area contributed by atoms with Gasteiger partial charge in [-0.1, -0.05) is 46.9 Å². The Kier molecular flexibility index (Phi) is 7.87. The van der Waals surface area contributed by atoms with Crippen LogP contribution in [-0.2, 0) is 26.9 Å². The first-order valence-corrected chi connectivity index (χ1v) is 12.7. The minimum Gasteiger partial charge on any atom is -0.351 e. The number of rotatable bonds is 6. The second kappa shape index (κ2) is 9.93. The van der Waals surface area contributed by atoms with Crippen molar-refractivity contribution in [1.29, 1.82) is 0 Å². The van der Waals surface area contributed by atoms with Gasteiger partial charge in [-0.2, -0.15) is 13.2 Å². The van der Waals surface area contributed by atoms with Crippen LogP contribution in [0.15, 0.2) is 40.8 Å². The lowest BCUT2D eigenvalue weighted by Gasteiger charge is -2.30. The molecule has 0 spiro atoms. The van der Waals surface area contributed by atoms with E-state index in [1.807, 2.05) is 0 Å². The van der Waals surface area contributed by atoms with E-state index in [-0.39, 0.29) is 38.6 Å². The highest BCUT2D eigenvalue weighted by atomic mass is 35.5. The molecule has 1 aliphatic heterocycles. The molecule has 1 amide bonds. The molecule has 0 aliphatic carbocycles. The van der Waals surface area contributed by atoms with Crippen LogP contribution in [0.5, 0.6) is 0 Å². The van der Waals surface area contributed by atoms with E-state index in [4.69, 9.17) is 34.8 Å². The average molecular weight is 544 g/mol. The third-order valence-corrected chi connectivity index (χ3v) is 7.40. The van der Waals surface area contributed by atoms with Crippen molar-refractivity contribution in [2.45, 2.75) is 23.9 Å².